The molecule has 0 saturated heterocycles. The van der Waals surface area contributed by atoms with Crippen molar-refractivity contribution in [2.24, 2.45) is 5.73 Å². The van der Waals surface area contributed by atoms with Gasteiger partial charge in [-0.25, -0.2) is 12.8 Å². The third kappa shape index (κ3) is 4.91. The molecular weight excluding hydrogens is 514 g/mol. The maximum absolute atomic E-state index is 14.4. The van der Waals surface area contributed by atoms with Gasteiger partial charge < -0.3 is 10.5 Å². The minimum absolute atomic E-state index is 0.00801. The summed E-state index contributed by atoms with van der Waals surface area (Å²) in [7, 11) is -4.09. The Morgan fingerprint density at radius 3 is 2.71 bits per heavy atom. The number of hydrogen-bond donors (Lipinski definition) is 1. The summed E-state index contributed by atoms with van der Waals surface area (Å²) in [5.41, 5.74) is 7.89. The molecule has 0 fully saturated rings. The van der Waals surface area contributed by atoms with Crippen LogP contribution in [0.15, 0.2) is 47.5 Å². The monoisotopic (exact) mass is 538 g/mol. The van der Waals surface area contributed by atoms with E-state index in [1.165, 1.54) is 27.3 Å². The van der Waals surface area contributed by atoms with Gasteiger partial charge in [-0.3, -0.25) is 8.99 Å². The highest BCUT2D eigenvalue weighted by Gasteiger charge is 2.38. The minimum Gasteiger partial charge on any atom is -0.485 e. The van der Waals surface area contributed by atoms with Crippen molar-refractivity contribution in [3.63, 3.8) is 0 Å². The second kappa shape index (κ2) is 9.81. The summed E-state index contributed by atoms with van der Waals surface area (Å²) in [6, 6.07) is 9.15. The molecule has 0 spiro atoms. The van der Waals surface area contributed by atoms with Crippen LogP contribution >= 0.6 is 23.2 Å². The van der Waals surface area contributed by atoms with E-state index < -0.39 is 28.0 Å². The number of aromatic nitrogens is 2. The van der Waals surface area contributed by atoms with Gasteiger partial charge in [0.05, 0.1) is 17.3 Å². The number of nitrogens with zero attached hydrogens (tertiary/aromatic N) is 3. The van der Waals surface area contributed by atoms with Crippen molar-refractivity contribution in [2.75, 3.05) is 10.8 Å². The largest absolute Gasteiger partial charge is 0.485 e. The fourth-order valence-electron chi connectivity index (χ4n) is 3.91. The Morgan fingerprint density at radius 1 is 1.34 bits per heavy atom. The van der Waals surface area contributed by atoms with Crippen molar-refractivity contribution < 1.29 is 17.5 Å². The van der Waals surface area contributed by atoms with E-state index in [0.29, 0.717) is 29.1 Å². The van der Waals surface area contributed by atoms with Crippen molar-refractivity contribution in [3.05, 3.63) is 69.7 Å². The third-order valence-electron chi connectivity index (χ3n) is 5.78. The lowest BCUT2D eigenvalue weighted by atomic mass is 10.0. The third-order valence-corrected chi connectivity index (χ3v) is 8.27. The predicted molar refractivity (Wildman–Crippen MR) is 137 cm³/mol. The van der Waals surface area contributed by atoms with Crippen LogP contribution in [0.1, 0.15) is 31.9 Å². The number of nitrogens with two attached hydrogens (primary N) is 1. The van der Waals surface area contributed by atoms with Gasteiger partial charge in [0.1, 0.15) is 22.6 Å². The molecule has 0 amide bonds. The van der Waals surface area contributed by atoms with E-state index in [0.717, 1.165) is 0 Å². The highest BCUT2D eigenvalue weighted by atomic mass is 35.5. The molecule has 1 unspecified atom stereocenters. The second-order valence-corrected chi connectivity index (χ2v) is 10.9. The number of hydrogen-bond acceptors (Lipinski definition) is 5. The van der Waals surface area contributed by atoms with Gasteiger partial charge in [0.2, 0.25) is 0 Å². The van der Waals surface area contributed by atoms with Crippen LogP contribution in [0.2, 0.25) is 10.2 Å². The lowest BCUT2D eigenvalue weighted by Gasteiger charge is -2.37. The topological polar surface area (TPSA) is 90.5 Å². The van der Waals surface area contributed by atoms with E-state index >= 15 is 0 Å². The lowest BCUT2D eigenvalue weighted by molar-refractivity contribution is 0.176. The van der Waals surface area contributed by atoms with Gasteiger partial charge in [0, 0.05) is 24.3 Å². The summed E-state index contributed by atoms with van der Waals surface area (Å²) in [5.74, 6) is -0.0843. The Balaban J connectivity index is 1.82. The quantitative estimate of drug-likeness (QED) is 0.435. The van der Waals surface area contributed by atoms with Gasteiger partial charge in [0.15, 0.2) is 5.15 Å². The first-order valence-corrected chi connectivity index (χ1v) is 13.2. The van der Waals surface area contributed by atoms with E-state index in [2.05, 4.69) is 5.10 Å². The smallest absolute Gasteiger partial charge is 0.269 e. The number of halogens is 3. The van der Waals surface area contributed by atoms with Gasteiger partial charge >= 0.3 is 0 Å². The van der Waals surface area contributed by atoms with Gasteiger partial charge in [-0.2, -0.15) is 5.10 Å². The Morgan fingerprint density at radius 2 is 2.09 bits per heavy atom. The van der Waals surface area contributed by atoms with Crippen LogP contribution in [-0.4, -0.2) is 36.9 Å². The second-order valence-electron chi connectivity index (χ2n) is 8.34. The molecule has 4 rings (SSSR count). The molecule has 1 aromatic heterocycles. The van der Waals surface area contributed by atoms with E-state index in [1.54, 1.807) is 44.2 Å². The number of ether oxygens (including phenoxy) is 1. The number of aryl methyl sites for hydroxylation is 1. The van der Waals surface area contributed by atoms with Crippen molar-refractivity contribution in [2.45, 2.75) is 44.4 Å². The molecular formula is C24H25Cl2FN4O3S. The average Bonchev–Trinajstić information content (AvgIpc) is 3.19. The summed E-state index contributed by atoms with van der Waals surface area (Å²) >= 11 is 12.4. The molecule has 2 heterocycles. The highest BCUT2D eigenvalue weighted by molar-refractivity contribution is 7.93. The fraction of sp³-hybridized carbons (Fsp3) is 0.292. The van der Waals surface area contributed by atoms with Crippen LogP contribution in [0.25, 0.3) is 11.6 Å². The summed E-state index contributed by atoms with van der Waals surface area (Å²) in [5, 5.41) is 4.24. The molecule has 1 aliphatic rings. The summed E-state index contributed by atoms with van der Waals surface area (Å²) < 4.78 is 50.6. The van der Waals surface area contributed by atoms with E-state index in [-0.39, 0.29) is 27.2 Å². The van der Waals surface area contributed by atoms with Gasteiger partial charge in [0.25, 0.3) is 10.0 Å². The van der Waals surface area contributed by atoms with E-state index in [1.807, 2.05) is 6.92 Å². The van der Waals surface area contributed by atoms with Crippen LogP contribution in [0, 0.1) is 5.82 Å². The normalized spacial score (nSPS) is 17.2. The Labute approximate surface area is 213 Å². The molecule has 0 saturated carbocycles. The SMILES string of the molecule is CCn1cc(S(=O)(=O)N2CC([C@@H](C)N)Oc3ccc(/C=C(\C)c4c(F)cccc4Cl)cc32)c(Cl)n1. The molecule has 0 bridgehead atoms. The zero-order valence-electron chi connectivity index (χ0n) is 19.4. The first kappa shape index (κ1) is 25.5. The summed E-state index contributed by atoms with van der Waals surface area (Å²) in [6.07, 6.45) is 2.56. The van der Waals surface area contributed by atoms with Crippen LogP contribution < -0.4 is 14.8 Å². The molecule has 2 aromatic carbocycles. The first-order valence-electron chi connectivity index (χ1n) is 11.0. The molecule has 186 valence electrons. The maximum atomic E-state index is 14.4. The molecule has 11 heteroatoms. The number of fused-ring (bicyclic) bond motifs is 1. The number of benzene rings is 2. The maximum Gasteiger partial charge on any atom is 0.269 e. The molecule has 0 aliphatic carbocycles. The van der Waals surface area contributed by atoms with Gasteiger partial charge in [-0.15, -0.1) is 0 Å². The molecule has 1 aliphatic heterocycles. The molecule has 35 heavy (non-hydrogen) atoms. The number of rotatable bonds is 6. The van der Waals surface area contributed by atoms with Crippen molar-refractivity contribution in [3.8, 4) is 5.75 Å². The van der Waals surface area contributed by atoms with Crippen molar-refractivity contribution >= 4 is 50.6 Å². The molecule has 3 aromatic rings. The molecule has 7 nitrogen and oxygen atoms in total. The summed E-state index contributed by atoms with van der Waals surface area (Å²) in [4.78, 5) is -0.104. The number of sulfonamides is 1. The first-order chi connectivity index (χ1) is 16.5. The fourth-order valence-corrected chi connectivity index (χ4v) is 6.15. The Hall–Kier alpha value is -2.59. The van der Waals surface area contributed by atoms with Crippen molar-refractivity contribution in [1.29, 1.82) is 0 Å². The Kier molecular flexibility index (Phi) is 7.15. The number of allylic oxidation sites excluding steroid dienone is 1. The van der Waals surface area contributed by atoms with Crippen molar-refractivity contribution in [1.82, 2.24) is 9.78 Å². The van der Waals surface area contributed by atoms with E-state index in [9.17, 15) is 12.8 Å². The lowest BCUT2D eigenvalue weighted by Crippen LogP contribution is -2.50. The molecule has 2 N–H and O–H groups in total. The van der Waals surface area contributed by atoms with E-state index in [4.69, 9.17) is 33.7 Å². The Bertz CT molecular complexity index is 1390. The van der Waals surface area contributed by atoms with Crippen LogP contribution in [0.5, 0.6) is 5.75 Å². The minimum atomic E-state index is -4.09. The number of anilines is 1. The predicted octanol–water partition coefficient (Wildman–Crippen LogP) is 5.21. The standard InChI is InChI=1S/C24H25Cl2FN4O3S/c1-4-30-13-22(24(26)29-30)35(32,33)31-12-21(15(3)28)34-20-9-8-16(11-19(20)31)10-14(2)23-17(25)6-5-7-18(23)27/h5-11,13,15,21H,4,12,28H2,1-3H3/b14-10+/t15-,21?/m1/s1. The molecule has 0 radical (unpaired) electrons. The van der Waals surface area contributed by atoms with Crippen LogP contribution in [0.4, 0.5) is 10.1 Å². The van der Waals surface area contributed by atoms with Gasteiger partial charge in [-0.1, -0.05) is 41.4 Å². The van der Waals surface area contributed by atoms with Crippen LogP contribution in [-0.2, 0) is 16.6 Å². The zero-order valence-corrected chi connectivity index (χ0v) is 21.7. The zero-order chi connectivity index (χ0) is 25.5. The van der Waals surface area contributed by atoms with Gasteiger partial charge in [-0.05, 0) is 56.2 Å². The molecule has 2 atom stereocenters. The highest BCUT2D eigenvalue weighted by Crippen LogP contribution is 2.40. The average molecular weight is 539 g/mol. The summed E-state index contributed by atoms with van der Waals surface area (Å²) in [6.45, 7) is 5.77. The van der Waals surface area contributed by atoms with Crippen LogP contribution in [0.3, 0.4) is 0 Å².